The monoisotopic (exact) mass is 360 g/mol. The molecule has 1 saturated heterocycles. The SMILES string of the molecule is CN=C(NCCCc1c(C)noc1C)N1CCN(Cc2ccon2)CC1. The van der Waals surface area contributed by atoms with Crippen LogP contribution >= 0.6 is 0 Å². The molecule has 0 unspecified atom stereocenters. The summed E-state index contributed by atoms with van der Waals surface area (Å²) in [6.07, 6.45) is 3.62. The highest BCUT2D eigenvalue weighted by Crippen LogP contribution is 2.14. The Bertz CT molecular complexity index is 682. The molecule has 3 heterocycles. The van der Waals surface area contributed by atoms with Gasteiger partial charge >= 0.3 is 0 Å². The molecule has 1 N–H and O–H groups in total. The van der Waals surface area contributed by atoms with Gasteiger partial charge < -0.3 is 19.3 Å². The lowest BCUT2D eigenvalue weighted by Crippen LogP contribution is -2.52. The van der Waals surface area contributed by atoms with E-state index in [1.54, 1.807) is 6.26 Å². The molecule has 0 aliphatic carbocycles. The van der Waals surface area contributed by atoms with Gasteiger partial charge in [0.05, 0.1) is 11.4 Å². The average molecular weight is 360 g/mol. The Morgan fingerprint density at radius 1 is 1.23 bits per heavy atom. The minimum Gasteiger partial charge on any atom is -0.364 e. The van der Waals surface area contributed by atoms with Crippen molar-refractivity contribution in [1.29, 1.82) is 0 Å². The zero-order chi connectivity index (χ0) is 18.4. The number of rotatable bonds is 6. The number of aryl methyl sites for hydroxylation is 2. The van der Waals surface area contributed by atoms with Crippen LogP contribution in [-0.2, 0) is 13.0 Å². The summed E-state index contributed by atoms with van der Waals surface area (Å²) >= 11 is 0. The van der Waals surface area contributed by atoms with Crippen molar-refractivity contribution in [2.24, 2.45) is 4.99 Å². The van der Waals surface area contributed by atoms with Crippen LogP contribution in [0.4, 0.5) is 0 Å². The molecule has 0 saturated carbocycles. The van der Waals surface area contributed by atoms with E-state index in [1.165, 1.54) is 5.56 Å². The second-order valence-electron chi connectivity index (χ2n) is 6.63. The third kappa shape index (κ3) is 4.63. The lowest BCUT2D eigenvalue weighted by molar-refractivity contribution is 0.169. The van der Waals surface area contributed by atoms with Crippen LogP contribution in [0.15, 0.2) is 26.4 Å². The van der Waals surface area contributed by atoms with E-state index in [0.717, 1.165) is 75.2 Å². The first-order chi connectivity index (χ1) is 12.7. The topological polar surface area (TPSA) is 82.9 Å². The number of nitrogens with one attached hydrogen (secondary N) is 1. The van der Waals surface area contributed by atoms with Crippen LogP contribution in [0.25, 0.3) is 0 Å². The van der Waals surface area contributed by atoms with E-state index in [2.05, 4.69) is 30.4 Å². The lowest BCUT2D eigenvalue weighted by atomic mass is 10.1. The summed E-state index contributed by atoms with van der Waals surface area (Å²) in [6, 6.07) is 1.92. The molecule has 0 atom stereocenters. The largest absolute Gasteiger partial charge is 0.364 e. The van der Waals surface area contributed by atoms with Crippen molar-refractivity contribution in [1.82, 2.24) is 25.4 Å². The van der Waals surface area contributed by atoms with E-state index < -0.39 is 0 Å². The van der Waals surface area contributed by atoms with Gasteiger partial charge in [-0.1, -0.05) is 10.3 Å². The van der Waals surface area contributed by atoms with Gasteiger partial charge in [-0.2, -0.15) is 0 Å². The number of hydrogen-bond acceptors (Lipinski definition) is 6. The number of guanidine groups is 1. The molecule has 2 aromatic rings. The summed E-state index contributed by atoms with van der Waals surface area (Å²) in [4.78, 5) is 9.14. The van der Waals surface area contributed by atoms with Crippen LogP contribution in [0, 0.1) is 13.8 Å². The third-order valence-electron chi connectivity index (χ3n) is 4.83. The summed E-state index contributed by atoms with van der Waals surface area (Å²) < 4.78 is 10.1. The standard InChI is InChI=1S/C18H28N6O2/c1-14-17(15(2)26-21-14)5-4-7-20-18(19-3)24-10-8-23(9-11-24)13-16-6-12-25-22-16/h6,12H,4-5,7-11,13H2,1-3H3,(H,19,20). The molecule has 1 aliphatic rings. The number of nitrogens with zero attached hydrogens (tertiary/aromatic N) is 5. The molecule has 1 aliphatic heterocycles. The van der Waals surface area contributed by atoms with Crippen molar-refractivity contribution in [3.63, 3.8) is 0 Å². The maximum Gasteiger partial charge on any atom is 0.193 e. The Kier molecular flexibility index (Phi) is 6.27. The second kappa shape index (κ2) is 8.84. The molecule has 0 amide bonds. The quantitative estimate of drug-likeness (QED) is 0.476. The minimum atomic E-state index is 0.841. The molecule has 8 nitrogen and oxygen atoms in total. The Hall–Kier alpha value is -2.35. The van der Waals surface area contributed by atoms with Crippen LogP contribution in [0.2, 0.25) is 0 Å². The maximum atomic E-state index is 5.22. The Labute approximate surface area is 154 Å². The molecular formula is C18H28N6O2. The van der Waals surface area contributed by atoms with E-state index in [9.17, 15) is 0 Å². The Balaban J connectivity index is 1.39. The van der Waals surface area contributed by atoms with Crippen molar-refractivity contribution in [2.75, 3.05) is 39.8 Å². The van der Waals surface area contributed by atoms with Crippen molar-refractivity contribution in [2.45, 2.75) is 33.2 Å². The molecule has 8 heteroatoms. The van der Waals surface area contributed by atoms with Gasteiger partial charge in [0.25, 0.3) is 0 Å². The van der Waals surface area contributed by atoms with E-state index in [0.29, 0.717) is 0 Å². The van der Waals surface area contributed by atoms with Crippen LogP contribution in [0.1, 0.15) is 29.1 Å². The predicted octanol–water partition coefficient (Wildman–Crippen LogP) is 1.61. The van der Waals surface area contributed by atoms with Gasteiger partial charge in [-0.05, 0) is 26.7 Å². The van der Waals surface area contributed by atoms with E-state index in [-0.39, 0.29) is 0 Å². The molecule has 2 aromatic heterocycles. The fourth-order valence-corrected chi connectivity index (χ4v) is 3.32. The van der Waals surface area contributed by atoms with Crippen LogP contribution in [0.5, 0.6) is 0 Å². The van der Waals surface area contributed by atoms with Gasteiger partial charge in [0.15, 0.2) is 5.96 Å². The zero-order valence-corrected chi connectivity index (χ0v) is 15.9. The minimum absolute atomic E-state index is 0.841. The predicted molar refractivity (Wildman–Crippen MR) is 99.0 cm³/mol. The Morgan fingerprint density at radius 2 is 2.04 bits per heavy atom. The summed E-state index contributed by atoms with van der Waals surface area (Å²) in [7, 11) is 1.85. The third-order valence-corrected chi connectivity index (χ3v) is 4.83. The highest BCUT2D eigenvalue weighted by atomic mass is 16.5. The molecule has 0 aromatic carbocycles. The summed E-state index contributed by atoms with van der Waals surface area (Å²) in [5.41, 5.74) is 3.21. The number of aromatic nitrogens is 2. The molecule has 0 radical (unpaired) electrons. The van der Waals surface area contributed by atoms with Crippen molar-refractivity contribution < 1.29 is 9.05 Å². The zero-order valence-electron chi connectivity index (χ0n) is 15.9. The number of aliphatic imine (C=N–C) groups is 1. The van der Waals surface area contributed by atoms with E-state index in [1.807, 2.05) is 27.0 Å². The van der Waals surface area contributed by atoms with Gasteiger partial charge in [0, 0.05) is 57.9 Å². The summed E-state index contributed by atoms with van der Waals surface area (Å²) in [6.45, 7) is 9.60. The maximum absolute atomic E-state index is 5.22. The smallest absolute Gasteiger partial charge is 0.193 e. The molecular weight excluding hydrogens is 332 g/mol. The van der Waals surface area contributed by atoms with Crippen LogP contribution in [-0.4, -0.2) is 65.8 Å². The second-order valence-corrected chi connectivity index (χ2v) is 6.63. The highest BCUT2D eigenvalue weighted by molar-refractivity contribution is 5.79. The highest BCUT2D eigenvalue weighted by Gasteiger charge is 2.20. The molecule has 0 bridgehead atoms. The van der Waals surface area contributed by atoms with Crippen molar-refractivity contribution in [3.8, 4) is 0 Å². The van der Waals surface area contributed by atoms with Crippen LogP contribution in [0.3, 0.4) is 0 Å². The van der Waals surface area contributed by atoms with Gasteiger partial charge in [0.2, 0.25) is 0 Å². The fourth-order valence-electron chi connectivity index (χ4n) is 3.32. The van der Waals surface area contributed by atoms with Crippen molar-refractivity contribution >= 4 is 5.96 Å². The van der Waals surface area contributed by atoms with Gasteiger partial charge in [-0.25, -0.2) is 0 Å². The van der Waals surface area contributed by atoms with Gasteiger partial charge in [-0.3, -0.25) is 9.89 Å². The molecule has 0 spiro atoms. The normalized spacial score (nSPS) is 16.3. The first-order valence-electron chi connectivity index (χ1n) is 9.16. The summed E-state index contributed by atoms with van der Waals surface area (Å²) in [5.74, 6) is 1.90. The first kappa shape index (κ1) is 18.4. The summed E-state index contributed by atoms with van der Waals surface area (Å²) in [5, 5.41) is 11.5. The average Bonchev–Trinajstić information content (AvgIpc) is 3.27. The van der Waals surface area contributed by atoms with Gasteiger partial charge in [0.1, 0.15) is 12.0 Å². The van der Waals surface area contributed by atoms with Crippen molar-refractivity contribution in [3.05, 3.63) is 35.0 Å². The number of hydrogen-bond donors (Lipinski definition) is 1. The van der Waals surface area contributed by atoms with E-state index in [4.69, 9.17) is 9.05 Å². The molecule has 3 rings (SSSR count). The Morgan fingerprint density at radius 3 is 2.65 bits per heavy atom. The first-order valence-corrected chi connectivity index (χ1v) is 9.16. The number of piperazine rings is 1. The van der Waals surface area contributed by atoms with E-state index >= 15 is 0 Å². The van der Waals surface area contributed by atoms with Gasteiger partial charge in [-0.15, -0.1) is 0 Å². The van der Waals surface area contributed by atoms with Crippen LogP contribution < -0.4 is 5.32 Å². The molecule has 142 valence electrons. The fraction of sp³-hybridized carbons (Fsp3) is 0.611. The molecule has 26 heavy (non-hydrogen) atoms. The molecule has 1 fully saturated rings. The lowest BCUT2D eigenvalue weighted by Gasteiger charge is -2.36.